The topological polar surface area (TPSA) is 92.2 Å². The molecular formula is C14H13N3O3S. The van der Waals surface area contributed by atoms with Crippen LogP contribution < -0.4 is 4.72 Å². The first-order chi connectivity index (χ1) is 10.1. The van der Waals surface area contributed by atoms with Crippen LogP contribution in [0.1, 0.15) is 12.0 Å². The van der Waals surface area contributed by atoms with Gasteiger partial charge in [-0.25, -0.2) is 8.42 Å². The molecule has 2 N–H and O–H groups in total. The van der Waals surface area contributed by atoms with Gasteiger partial charge in [-0.05, 0) is 30.3 Å². The molecule has 0 spiro atoms. The van der Waals surface area contributed by atoms with E-state index in [2.05, 4.69) is 26.8 Å². The van der Waals surface area contributed by atoms with E-state index in [1.54, 1.807) is 18.2 Å². The van der Waals surface area contributed by atoms with Gasteiger partial charge in [0.05, 0.1) is 11.5 Å². The number of anilines is 1. The molecule has 0 aliphatic heterocycles. The quantitative estimate of drug-likeness (QED) is 0.822. The Bertz CT molecular complexity index is 765. The molecule has 21 heavy (non-hydrogen) atoms. The Labute approximate surface area is 122 Å². The smallest absolute Gasteiger partial charge is 0.263 e. The lowest BCUT2D eigenvalue weighted by Gasteiger charge is -2.06. The van der Waals surface area contributed by atoms with E-state index in [1.165, 1.54) is 24.4 Å². The van der Waals surface area contributed by atoms with E-state index in [4.69, 9.17) is 5.11 Å². The zero-order valence-electron chi connectivity index (χ0n) is 11.0. The standard InChI is InChI=1S/C14H13N3O3S/c18-10-2-1-5-12-6-3-7-13(11-12)21(19,20)17-14-8-4-9-15-16-14/h3-4,6-9,11,18H,2,10H2,(H,16,17). The Hall–Kier alpha value is -2.43. The lowest BCUT2D eigenvalue weighted by Crippen LogP contribution is -2.14. The minimum absolute atomic E-state index is 0.0286. The van der Waals surface area contributed by atoms with E-state index in [1.807, 2.05) is 0 Å². The molecule has 1 aromatic carbocycles. The van der Waals surface area contributed by atoms with Crippen molar-refractivity contribution < 1.29 is 13.5 Å². The molecule has 0 fully saturated rings. The largest absolute Gasteiger partial charge is 0.395 e. The van der Waals surface area contributed by atoms with Gasteiger partial charge in [0.15, 0.2) is 5.82 Å². The fourth-order valence-corrected chi connectivity index (χ4v) is 2.56. The highest BCUT2D eigenvalue weighted by Gasteiger charge is 2.14. The number of aliphatic hydroxyl groups excluding tert-OH is 1. The normalized spacial score (nSPS) is 10.5. The summed E-state index contributed by atoms with van der Waals surface area (Å²) in [5.41, 5.74) is 0.561. The van der Waals surface area contributed by atoms with E-state index in [-0.39, 0.29) is 17.3 Å². The summed E-state index contributed by atoms with van der Waals surface area (Å²) in [7, 11) is -3.74. The van der Waals surface area contributed by atoms with Crippen LogP contribution in [0, 0.1) is 11.8 Å². The molecule has 2 aromatic rings. The van der Waals surface area contributed by atoms with E-state index in [0.717, 1.165) is 0 Å². The molecule has 108 valence electrons. The van der Waals surface area contributed by atoms with Crippen LogP contribution >= 0.6 is 0 Å². The summed E-state index contributed by atoms with van der Waals surface area (Å²) in [6, 6.07) is 9.33. The number of hydrogen-bond donors (Lipinski definition) is 2. The first-order valence-electron chi connectivity index (χ1n) is 6.12. The summed E-state index contributed by atoms with van der Waals surface area (Å²) in [4.78, 5) is 0.0870. The van der Waals surface area contributed by atoms with Crippen LogP contribution in [0.4, 0.5) is 5.82 Å². The molecule has 0 bridgehead atoms. The van der Waals surface area contributed by atoms with Crippen molar-refractivity contribution >= 4 is 15.8 Å². The monoisotopic (exact) mass is 303 g/mol. The Morgan fingerprint density at radius 2 is 2.10 bits per heavy atom. The van der Waals surface area contributed by atoms with Gasteiger partial charge in [0.2, 0.25) is 0 Å². The first-order valence-corrected chi connectivity index (χ1v) is 7.60. The Morgan fingerprint density at radius 3 is 2.81 bits per heavy atom. The van der Waals surface area contributed by atoms with Gasteiger partial charge in [-0.1, -0.05) is 17.9 Å². The number of benzene rings is 1. The Balaban J connectivity index is 2.25. The van der Waals surface area contributed by atoms with Crippen molar-refractivity contribution in [1.82, 2.24) is 10.2 Å². The number of nitrogens with zero attached hydrogens (tertiary/aromatic N) is 2. The van der Waals surface area contributed by atoms with Crippen molar-refractivity contribution in [2.45, 2.75) is 11.3 Å². The molecule has 0 saturated heterocycles. The van der Waals surface area contributed by atoms with Gasteiger partial charge in [-0.2, -0.15) is 5.10 Å². The van der Waals surface area contributed by atoms with Gasteiger partial charge in [0, 0.05) is 18.2 Å². The first kappa shape index (κ1) is 15.0. The number of rotatable bonds is 4. The summed E-state index contributed by atoms with van der Waals surface area (Å²) < 4.78 is 26.8. The van der Waals surface area contributed by atoms with Crippen molar-refractivity contribution in [2.24, 2.45) is 0 Å². The van der Waals surface area contributed by atoms with Gasteiger partial charge in [-0.3, -0.25) is 4.72 Å². The van der Waals surface area contributed by atoms with Gasteiger partial charge in [0.25, 0.3) is 10.0 Å². The highest BCUT2D eigenvalue weighted by atomic mass is 32.2. The maximum atomic E-state index is 12.2. The van der Waals surface area contributed by atoms with Gasteiger partial charge < -0.3 is 5.11 Å². The Kier molecular flexibility index (Phi) is 4.87. The minimum Gasteiger partial charge on any atom is -0.395 e. The third-order valence-electron chi connectivity index (χ3n) is 2.43. The average molecular weight is 303 g/mol. The van der Waals surface area contributed by atoms with Crippen molar-refractivity contribution in [3.63, 3.8) is 0 Å². The van der Waals surface area contributed by atoms with Crippen molar-refractivity contribution in [1.29, 1.82) is 0 Å². The van der Waals surface area contributed by atoms with Crippen LogP contribution in [-0.2, 0) is 10.0 Å². The molecule has 1 aromatic heterocycles. The molecule has 1 heterocycles. The molecule has 0 saturated carbocycles. The van der Waals surface area contributed by atoms with Crippen LogP contribution in [0.3, 0.4) is 0 Å². The second-order valence-corrected chi connectivity index (χ2v) is 5.70. The molecule has 0 aliphatic carbocycles. The maximum absolute atomic E-state index is 12.2. The number of aliphatic hydroxyl groups is 1. The molecular weight excluding hydrogens is 290 g/mol. The van der Waals surface area contributed by atoms with E-state index in [9.17, 15) is 8.42 Å². The summed E-state index contributed by atoms with van der Waals surface area (Å²) >= 11 is 0. The second-order valence-electron chi connectivity index (χ2n) is 4.02. The molecule has 7 heteroatoms. The maximum Gasteiger partial charge on any atom is 0.263 e. The lowest BCUT2D eigenvalue weighted by molar-refractivity contribution is 0.305. The van der Waals surface area contributed by atoms with Crippen LogP contribution in [0.2, 0.25) is 0 Å². The van der Waals surface area contributed by atoms with Crippen molar-refractivity contribution in [2.75, 3.05) is 11.3 Å². The van der Waals surface area contributed by atoms with E-state index < -0.39 is 10.0 Å². The van der Waals surface area contributed by atoms with Gasteiger partial charge in [-0.15, -0.1) is 5.10 Å². The SMILES string of the molecule is O=S(=O)(Nc1cccnn1)c1cccc(C#CCCO)c1. The number of sulfonamides is 1. The number of nitrogens with one attached hydrogen (secondary N) is 1. The van der Waals surface area contributed by atoms with Crippen molar-refractivity contribution in [3.8, 4) is 11.8 Å². The van der Waals surface area contributed by atoms with Crippen LogP contribution in [-0.4, -0.2) is 30.3 Å². The third kappa shape index (κ3) is 4.27. The van der Waals surface area contributed by atoms with E-state index in [0.29, 0.717) is 12.0 Å². The molecule has 0 unspecified atom stereocenters. The highest BCUT2D eigenvalue weighted by molar-refractivity contribution is 7.92. The molecule has 6 nitrogen and oxygen atoms in total. The predicted molar refractivity (Wildman–Crippen MR) is 77.9 cm³/mol. The third-order valence-corrected chi connectivity index (χ3v) is 3.78. The van der Waals surface area contributed by atoms with Gasteiger partial charge >= 0.3 is 0 Å². The Morgan fingerprint density at radius 1 is 1.24 bits per heavy atom. The van der Waals surface area contributed by atoms with Crippen LogP contribution in [0.15, 0.2) is 47.5 Å². The second kappa shape index (κ2) is 6.83. The zero-order chi connectivity index (χ0) is 15.1. The highest BCUT2D eigenvalue weighted by Crippen LogP contribution is 2.14. The molecule has 2 rings (SSSR count). The van der Waals surface area contributed by atoms with Crippen molar-refractivity contribution in [3.05, 3.63) is 48.2 Å². The fraction of sp³-hybridized carbons (Fsp3) is 0.143. The molecule has 0 amide bonds. The molecule has 0 aliphatic rings. The summed E-state index contributed by atoms with van der Waals surface area (Å²) in [6.07, 6.45) is 1.80. The molecule has 0 atom stereocenters. The van der Waals surface area contributed by atoms with Gasteiger partial charge in [0.1, 0.15) is 0 Å². The average Bonchev–Trinajstić information content (AvgIpc) is 2.48. The summed E-state index contributed by atoms with van der Waals surface area (Å²) in [5, 5.41) is 16.0. The minimum atomic E-state index is -3.74. The number of aromatic nitrogens is 2. The van der Waals surface area contributed by atoms with Crippen LogP contribution in [0.25, 0.3) is 0 Å². The lowest BCUT2D eigenvalue weighted by atomic mass is 10.2. The number of hydrogen-bond acceptors (Lipinski definition) is 5. The fourth-order valence-electron chi connectivity index (χ4n) is 1.51. The van der Waals surface area contributed by atoms with Crippen LogP contribution in [0.5, 0.6) is 0 Å². The summed E-state index contributed by atoms with van der Waals surface area (Å²) in [6.45, 7) is -0.0286. The zero-order valence-corrected chi connectivity index (χ0v) is 11.8. The predicted octanol–water partition coefficient (Wildman–Crippen LogP) is 1.01. The van der Waals surface area contributed by atoms with E-state index >= 15 is 0 Å². The summed E-state index contributed by atoms with van der Waals surface area (Å²) in [5.74, 6) is 5.68. The molecule has 0 radical (unpaired) electrons.